The number of carbonyl (C=O) groups is 1. The number of nitrogens with zero attached hydrogens (tertiary/aromatic N) is 3. The van der Waals surface area contributed by atoms with Gasteiger partial charge in [0, 0.05) is 29.8 Å². The Morgan fingerprint density at radius 1 is 1.52 bits per heavy atom. The van der Waals surface area contributed by atoms with Crippen LogP contribution in [-0.4, -0.2) is 26.7 Å². The smallest absolute Gasteiger partial charge is 0.225 e. The summed E-state index contributed by atoms with van der Waals surface area (Å²) in [6.07, 6.45) is 2.29. The van der Waals surface area contributed by atoms with E-state index >= 15 is 0 Å². The fourth-order valence-electron chi connectivity index (χ4n) is 2.74. The van der Waals surface area contributed by atoms with Gasteiger partial charge in [0.1, 0.15) is 11.6 Å². The van der Waals surface area contributed by atoms with Crippen molar-refractivity contribution >= 4 is 17.2 Å². The third kappa shape index (κ3) is 3.15. The first-order valence-electron chi connectivity index (χ1n) is 7.37. The molecule has 6 heteroatoms. The molecule has 0 saturated heterocycles. The first-order valence-corrected chi connectivity index (χ1v) is 8.25. The minimum Gasteiger partial charge on any atom is -0.351 e. The number of thiophene rings is 1. The van der Waals surface area contributed by atoms with Crippen LogP contribution < -0.4 is 5.32 Å². The van der Waals surface area contributed by atoms with Crippen LogP contribution in [0.5, 0.6) is 0 Å². The zero-order valence-electron chi connectivity index (χ0n) is 12.4. The van der Waals surface area contributed by atoms with Crippen LogP contribution in [0.15, 0.2) is 17.5 Å². The average molecular weight is 304 g/mol. The molecule has 0 unspecified atom stereocenters. The Morgan fingerprint density at radius 2 is 2.38 bits per heavy atom. The molecule has 0 fully saturated rings. The zero-order valence-corrected chi connectivity index (χ0v) is 13.2. The summed E-state index contributed by atoms with van der Waals surface area (Å²) >= 11 is 1.62. The number of aryl methyl sites for hydroxylation is 1. The topological polar surface area (TPSA) is 59.8 Å². The van der Waals surface area contributed by atoms with Crippen molar-refractivity contribution in [1.82, 2.24) is 20.1 Å². The van der Waals surface area contributed by atoms with Gasteiger partial charge in [-0.25, -0.2) is 0 Å². The summed E-state index contributed by atoms with van der Waals surface area (Å²) in [5.41, 5.74) is 0. The second-order valence-corrected chi connectivity index (χ2v) is 6.83. The molecule has 1 amide bonds. The molecule has 1 N–H and O–H groups in total. The molecule has 21 heavy (non-hydrogen) atoms. The number of amides is 1. The lowest BCUT2D eigenvalue weighted by molar-refractivity contribution is -0.121. The minimum absolute atomic E-state index is 0.102. The predicted molar refractivity (Wildman–Crippen MR) is 82.4 cm³/mol. The molecule has 3 heterocycles. The van der Waals surface area contributed by atoms with Crippen LogP contribution in [0.25, 0.3) is 0 Å². The van der Waals surface area contributed by atoms with E-state index in [1.807, 2.05) is 17.5 Å². The van der Waals surface area contributed by atoms with Gasteiger partial charge in [-0.2, -0.15) is 0 Å². The normalized spacial score (nSPS) is 17.8. The van der Waals surface area contributed by atoms with E-state index < -0.39 is 0 Å². The molecule has 1 aliphatic heterocycles. The maximum absolute atomic E-state index is 12.1. The van der Waals surface area contributed by atoms with E-state index in [2.05, 4.69) is 33.9 Å². The van der Waals surface area contributed by atoms with Gasteiger partial charge in [-0.3, -0.25) is 4.79 Å². The van der Waals surface area contributed by atoms with Crippen LogP contribution in [0, 0.1) is 0 Å². The van der Waals surface area contributed by atoms with Gasteiger partial charge in [-0.05, 0) is 17.9 Å². The highest BCUT2D eigenvalue weighted by Gasteiger charge is 2.24. The SMILES string of the molecule is CC(C)c1nnc2n1C[C@@H](NC(=O)Cc1cccs1)CC2. The number of carbonyl (C=O) groups excluding carboxylic acids is 1. The minimum atomic E-state index is 0.102. The van der Waals surface area contributed by atoms with Crippen molar-refractivity contribution in [3.63, 3.8) is 0 Å². The Bertz CT molecular complexity index is 618. The number of rotatable bonds is 4. The Balaban J connectivity index is 1.63. The molecule has 0 radical (unpaired) electrons. The lowest BCUT2D eigenvalue weighted by atomic mass is 10.1. The molecule has 5 nitrogen and oxygen atoms in total. The molecule has 2 aromatic rings. The van der Waals surface area contributed by atoms with Gasteiger partial charge in [-0.1, -0.05) is 19.9 Å². The van der Waals surface area contributed by atoms with Gasteiger partial charge in [0.15, 0.2) is 0 Å². The fourth-order valence-corrected chi connectivity index (χ4v) is 3.45. The van der Waals surface area contributed by atoms with Crippen LogP contribution in [0.1, 0.15) is 42.7 Å². The van der Waals surface area contributed by atoms with E-state index in [-0.39, 0.29) is 11.9 Å². The molecule has 0 saturated carbocycles. The van der Waals surface area contributed by atoms with Crippen molar-refractivity contribution in [2.45, 2.75) is 51.6 Å². The molecule has 1 aliphatic rings. The summed E-state index contributed by atoms with van der Waals surface area (Å²) < 4.78 is 2.17. The van der Waals surface area contributed by atoms with Gasteiger partial charge < -0.3 is 9.88 Å². The number of nitrogens with one attached hydrogen (secondary N) is 1. The highest BCUT2D eigenvalue weighted by Crippen LogP contribution is 2.20. The first kappa shape index (κ1) is 14.3. The standard InChI is InChI=1S/C15H20N4OS/c1-10(2)15-18-17-13-6-5-11(9-19(13)15)16-14(20)8-12-4-3-7-21-12/h3-4,7,10-11H,5-6,8-9H2,1-2H3,(H,16,20)/t11-/m0/s1. The zero-order chi connectivity index (χ0) is 14.8. The molecule has 2 aromatic heterocycles. The second-order valence-electron chi connectivity index (χ2n) is 5.80. The van der Waals surface area contributed by atoms with Crippen LogP contribution in [0.3, 0.4) is 0 Å². The van der Waals surface area contributed by atoms with Gasteiger partial charge >= 0.3 is 0 Å². The molecule has 0 spiro atoms. The van der Waals surface area contributed by atoms with E-state index in [1.165, 1.54) is 0 Å². The number of aromatic nitrogens is 3. The fraction of sp³-hybridized carbons (Fsp3) is 0.533. The van der Waals surface area contributed by atoms with Gasteiger partial charge in [0.25, 0.3) is 0 Å². The van der Waals surface area contributed by atoms with Crippen molar-refractivity contribution in [3.8, 4) is 0 Å². The number of hydrogen-bond acceptors (Lipinski definition) is 4. The highest BCUT2D eigenvalue weighted by atomic mass is 32.1. The lowest BCUT2D eigenvalue weighted by Crippen LogP contribution is -2.42. The molecule has 112 valence electrons. The summed E-state index contributed by atoms with van der Waals surface area (Å²) in [7, 11) is 0. The van der Waals surface area contributed by atoms with Gasteiger partial charge in [0.2, 0.25) is 5.91 Å². The van der Waals surface area contributed by atoms with Crippen LogP contribution in [0.2, 0.25) is 0 Å². The molecule has 3 rings (SSSR count). The maximum atomic E-state index is 12.1. The van der Waals surface area contributed by atoms with Crippen LogP contribution in [-0.2, 0) is 24.2 Å². The predicted octanol–water partition coefficient (Wildman–Crippen LogP) is 2.14. The van der Waals surface area contributed by atoms with E-state index in [9.17, 15) is 4.79 Å². The summed E-state index contributed by atoms with van der Waals surface area (Å²) in [6.45, 7) is 5.03. The van der Waals surface area contributed by atoms with Gasteiger partial charge in [0.05, 0.1) is 6.42 Å². The van der Waals surface area contributed by atoms with E-state index in [0.29, 0.717) is 12.3 Å². The molecular weight excluding hydrogens is 284 g/mol. The quantitative estimate of drug-likeness (QED) is 0.941. The summed E-state index contributed by atoms with van der Waals surface area (Å²) in [4.78, 5) is 13.2. The third-order valence-corrected chi connectivity index (χ3v) is 4.65. The Morgan fingerprint density at radius 3 is 3.10 bits per heavy atom. The van der Waals surface area contributed by atoms with Crippen LogP contribution >= 0.6 is 11.3 Å². The molecule has 0 aliphatic carbocycles. The van der Waals surface area contributed by atoms with Crippen molar-refractivity contribution < 1.29 is 4.79 Å². The van der Waals surface area contributed by atoms with Crippen molar-refractivity contribution in [2.24, 2.45) is 0 Å². The summed E-state index contributed by atoms with van der Waals surface area (Å²) in [6, 6.07) is 4.16. The second kappa shape index (κ2) is 5.97. The number of hydrogen-bond donors (Lipinski definition) is 1. The Hall–Kier alpha value is -1.69. The third-order valence-electron chi connectivity index (χ3n) is 3.77. The lowest BCUT2D eigenvalue weighted by Gasteiger charge is -2.25. The average Bonchev–Trinajstić information content (AvgIpc) is 3.06. The number of fused-ring (bicyclic) bond motifs is 1. The summed E-state index contributed by atoms with van der Waals surface area (Å²) in [5, 5.41) is 13.7. The van der Waals surface area contributed by atoms with Crippen molar-refractivity contribution in [2.75, 3.05) is 0 Å². The maximum Gasteiger partial charge on any atom is 0.225 e. The Kier molecular flexibility index (Phi) is 4.05. The van der Waals surface area contributed by atoms with Crippen molar-refractivity contribution in [3.05, 3.63) is 34.0 Å². The Labute approximate surface area is 128 Å². The van der Waals surface area contributed by atoms with Crippen molar-refractivity contribution in [1.29, 1.82) is 0 Å². The molecular formula is C15H20N4OS. The molecule has 0 aromatic carbocycles. The molecule has 0 bridgehead atoms. The monoisotopic (exact) mass is 304 g/mol. The van der Waals surface area contributed by atoms with E-state index in [0.717, 1.165) is 35.9 Å². The molecule has 1 atom stereocenters. The van der Waals surface area contributed by atoms with E-state index in [4.69, 9.17) is 0 Å². The van der Waals surface area contributed by atoms with E-state index in [1.54, 1.807) is 11.3 Å². The largest absolute Gasteiger partial charge is 0.351 e. The highest BCUT2D eigenvalue weighted by molar-refractivity contribution is 7.10. The van der Waals surface area contributed by atoms with Crippen LogP contribution in [0.4, 0.5) is 0 Å². The summed E-state index contributed by atoms with van der Waals surface area (Å²) in [5.74, 6) is 2.52. The first-order chi connectivity index (χ1) is 10.1. The van der Waals surface area contributed by atoms with Gasteiger partial charge in [-0.15, -0.1) is 21.5 Å².